The van der Waals surface area contributed by atoms with E-state index >= 15 is 0 Å². The van der Waals surface area contributed by atoms with Crippen molar-refractivity contribution in [2.75, 3.05) is 12.8 Å². The molecule has 10 heteroatoms. The number of carbonyl (C=O) groups is 1. The van der Waals surface area contributed by atoms with Crippen molar-refractivity contribution in [1.29, 1.82) is 0 Å². The highest BCUT2D eigenvalue weighted by Crippen LogP contribution is 2.39. The monoisotopic (exact) mass is 378 g/mol. The molecule has 3 atom stereocenters. The summed E-state index contributed by atoms with van der Waals surface area (Å²) in [5.74, 6) is -0.504. The van der Waals surface area contributed by atoms with Crippen LogP contribution in [0.5, 0.6) is 5.75 Å². The van der Waals surface area contributed by atoms with E-state index in [1.807, 2.05) is 0 Å². The summed E-state index contributed by atoms with van der Waals surface area (Å²) in [6, 6.07) is 4.15. The van der Waals surface area contributed by atoms with E-state index in [9.17, 15) is 26.4 Å². The molecule has 2 bridgehead atoms. The highest BCUT2D eigenvalue weighted by Gasteiger charge is 2.47. The molecule has 6 nitrogen and oxygen atoms in total. The summed E-state index contributed by atoms with van der Waals surface area (Å²) >= 11 is 0. The van der Waals surface area contributed by atoms with Gasteiger partial charge in [-0.3, -0.25) is 4.79 Å². The van der Waals surface area contributed by atoms with Gasteiger partial charge in [-0.05, 0) is 43.0 Å². The summed E-state index contributed by atoms with van der Waals surface area (Å²) in [4.78, 5) is 14.2. The molecule has 1 saturated carbocycles. The lowest BCUT2D eigenvalue weighted by molar-refractivity contribution is -0.274. The molecule has 25 heavy (non-hydrogen) atoms. The van der Waals surface area contributed by atoms with Gasteiger partial charge in [-0.2, -0.15) is 0 Å². The molecule has 1 N–H and O–H groups in total. The molecule has 2 aliphatic rings. The van der Waals surface area contributed by atoms with E-state index in [0.717, 1.165) is 18.4 Å². The number of halogens is 3. The number of fused-ring (bicyclic) bond motifs is 2. The lowest BCUT2D eigenvalue weighted by atomic mass is 10.1. The summed E-state index contributed by atoms with van der Waals surface area (Å²) in [5, 5.41) is 0. The number of hydrogen-bond donors (Lipinski definition) is 1. The van der Waals surface area contributed by atoms with Crippen molar-refractivity contribution in [1.82, 2.24) is 9.62 Å². The Labute approximate surface area is 143 Å². The average molecular weight is 378 g/mol. The predicted molar refractivity (Wildman–Crippen MR) is 82.4 cm³/mol. The molecule has 2 fully saturated rings. The molecular formula is C15H17F3N2O4S. The van der Waals surface area contributed by atoms with Crippen molar-refractivity contribution in [2.45, 2.75) is 31.3 Å². The fourth-order valence-electron chi connectivity index (χ4n) is 3.63. The summed E-state index contributed by atoms with van der Waals surface area (Å²) in [5.41, 5.74) is 0.236. The van der Waals surface area contributed by atoms with Crippen molar-refractivity contribution in [2.24, 2.45) is 5.92 Å². The van der Waals surface area contributed by atoms with E-state index in [1.165, 1.54) is 12.1 Å². The van der Waals surface area contributed by atoms with Crippen molar-refractivity contribution >= 4 is 15.9 Å². The normalized spacial score (nSPS) is 26.1. The zero-order valence-electron chi connectivity index (χ0n) is 13.3. The Morgan fingerprint density at radius 1 is 1.24 bits per heavy atom. The summed E-state index contributed by atoms with van der Waals surface area (Å²) in [7, 11) is -3.38. The van der Waals surface area contributed by atoms with Gasteiger partial charge in [0.05, 0.1) is 6.26 Å². The lowest BCUT2D eigenvalue weighted by Gasteiger charge is -2.33. The van der Waals surface area contributed by atoms with E-state index in [-0.39, 0.29) is 29.5 Å². The molecule has 1 aliphatic carbocycles. The van der Waals surface area contributed by atoms with Crippen molar-refractivity contribution in [3.05, 3.63) is 29.8 Å². The largest absolute Gasteiger partial charge is 0.573 e. The van der Waals surface area contributed by atoms with Crippen LogP contribution in [-0.2, 0) is 10.0 Å². The van der Waals surface area contributed by atoms with E-state index in [1.54, 1.807) is 4.90 Å². The highest BCUT2D eigenvalue weighted by atomic mass is 32.2. The third kappa shape index (κ3) is 4.24. The van der Waals surface area contributed by atoms with Crippen LogP contribution in [0.3, 0.4) is 0 Å². The Morgan fingerprint density at radius 2 is 1.88 bits per heavy atom. The number of amides is 1. The second kappa shape index (κ2) is 6.17. The molecule has 1 aromatic rings. The Kier molecular flexibility index (Phi) is 4.44. The smallest absolute Gasteiger partial charge is 0.406 e. The predicted octanol–water partition coefficient (Wildman–Crippen LogP) is 1.74. The van der Waals surface area contributed by atoms with Gasteiger partial charge >= 0.3 is 6.36 Å². The molecule has 138 valence electrons. The molecule has 1 heterocycles. The van der Waals surface area contributed by atoms with Crippen LogP contribution < -0.4 is 9.46 Å². The van der Waals surface area contributed by atoms with Gasteiger partial charge in [-0.25, -0.2) is 13.1 Å². The summed E-state index contributed by atoms with van der Waals surface area (Å²) < 4.78 is 65.7. The maximum Gasteiger partial charge on any atom is 0.573 e. The van der Waals surface area contributed by atoms with Gasteiger partial charge in [0.1, 0.15) is 5.75 Å². The first-order valence-electron chi connectivity index (χ1n) is 7.66. The maximum absolute atomic E-state index is 12.6. The second-order valence-corrected chi connectivity index (χ2v) is 8.21. The van der Waals surface area contributed by atoms with Gasteiger partial charge < -0.3 is 9.64 Å². The van der Waals surface area contributed by atoms with Crippen LogP contribution in [0.4, 0.5) is 13.2 Å². The zero-order valence-corrected chi connectivity index (χ0v) is 14.1. The number of alkyl halides is 3. The fourth-order valence-corrected chi connectivity index (χ4v) is 4.43. The molecule has 1 aliphatic heterocycles. The maximum atomic E-state index is 12.6. The first-order chi connectivity index (χ1) is 11.5. The molecule has 3 rings (SSSR count). The van der Waals surface area contributed by atoms with Gasteiger partial charge in [0.15, 0.2) is 0 Å². The standard InChI is InChI=1S/C15H17F3N2O4S/c1-25(22,23)19-12-6-9-7-13(12)20(8-9)14(21)10-2-4-11(5-3-10)24-15(16,17)18/h2-5,9,12-13,19H,6-8H2,1H3. The van der Waals surface area contributed by atoms with Crippen LogP contribution in [0, 0.1) is 5.92 Å². The minimum absolute atomic E-state index is 0.223. The van der Waals surface area contributed by atoms with Crippen molar-refractivity contribution in [3.8, 4) is 5.75 Å². The fraction of sp³-hybridized carbons (Fsp3) is 0.533. The van der Waals surface area contributed by atoms with Crippen LogP contribution in [0.15, 0.2) is 24.3 Å². The van der Waals surface area contributed by atoms with Gasteiger partial charge in [-0.15, -0.1) is 13.2 Å². The van der Waals surface area contributed by atoms with Crippen LogP contribution in [0.1, 0.15) is 23.2 Å². The highest BCUT2D eigenvalue weighted by molar-refractivity contribution is 7.88. The molecule has 1 aromatic carbocycles. The number of nitrogens with zero attached hydrogens (tertiary/aromatic N) is 1. The van der Waals surface area contributed by atoms with Crippen molar-refractivity contribution in [3.63, 3.8) is 0 Å². The van der Waals surface area contributed by atoms with Gasteiger partial charge in [0.2, 0.25) is 10.0 Å². The molecule has 0 radical (unpaired) electrons. The van der Waals surface area contributed by atoms with E-state index < -0.39 is 22.1 Å². The number of likely N-dealkylation sites (tertiary alicyclic amines) is 1. The summed E-state index contributed by atoms with van der Waals surface area (Å²) in [6.45, 7) is 0.520. The Bertz CT molecular complexity index is 764. The topological polar surface area (TPSA) is 75.7 Å². The van der Waals surface area contributed by atoms with Gasteiger partial charge in [0, 0.05) is 24.2 Å². The lowest BCUT2D eigenvalue weighted by Crippen LogP contribution is -2.51. The minimum atomic E-state index is -4.79. The third-order valence-electron chi connectivity index (χ3n) is 4.44. The zero-order chi connectivity index (χ0) is 18.4. The number of nitrogens with one attached hydrogen (secondary N) is 1. The van der Waals surface area contributed by atoms with Crippen LogP contribution >= 0.6 is 0 Å². The van der Waals surface area contributed by atoms with E-state index in [4.69, 9.17) is 0 Å². The van der Waals surface area contributed by atoms with E-state index in [0.29, 0.717) is 19.4 Å². The molecule has 1 saturated heterocycles. The third-order valence-corrected chi connectivity index (χ3v) is 5.17. The molecule has 3 unspecified atom stereocenters. The molecule has 0 aromatic heterocycles. The molecule has 1 amide bonds. The quantitative estimate of drug-likeness (QED) is 0.866. The minimum Gasteiger partial charge on any atom is -0.406 e. The second-order valence-electron chi connectivity index (χ2n) is 6.43. The van der Waals surface area contributed by atoms with Gasteiger partial charge in [-0.1, -0.05) is 0 Å². The Hall–Kier alpha value is -1.81. The Morgan fingerprint density at radius 3 is 2.40 bits per heavy atom. The first-order valence-corrected chi connectivity index (χ1v) is 9.55. The number of hydrogen-bond acceptors (Lipinski definition) is 4. The van der Waals surface area contributed by atoms with Crippen LogP contribution in [0.2, 0.25) is 0 Å². The van der Waals surface area contributed by atoms with Gasteiger partial charge in [0.25, 0.3) is 5.91 Å². The number of ether oxygens (including phenoxy) is 1. The molecular weight excluding hydrogens is 361 g/mol. The Balaban J connectivity index is 1.71. The first kappa shape index (κ1) is 18.0. The number of sulfonamides is 1. The van der Waals surface area contributed by atoms with E-state index in [2.05, 4.69) is 9.46 Å². The van der Waals surface area contributed by atoms with Crippen molar-refractivity contribution < 1.29 is 31.1 Å². The number of piperidine rings is 1. The SMILES string of the molecule is CS(=O)(=O)NC1CC2CC1N(C(=O)c1ccc(OC(F)(F)F)cc1)C2. The number of carbonyl (C=O) groups excluding carboxylic acids is 1. The summed E-state index contributed by atoms with van der Waals surface area (Å²) in [6.07, 6.45) is -2.32. The van der Waals surface area contributed by atoms with Crippen LogP contribution in [0.25, 0.3) is 0 Å². The van der Waals surface area contributed by atoms with Crippen LogP contribution in [-0.4, -0.2) is 50.5 Å². The molecule has 0 spiro atoms. The number of benzene rings is 1. The number of rotatable bonds is 4. The average Bonchev–Trinajstić information content (AvgIpc) is 3.03.